The summed E-state index contributed by atoms with van der Waals surface area (Å²) in [5.41, 5.74) is 3.73. The third-order valence-electron chi connectivity index (χ3n) is 4.59. The zero-order chi connectivity index (χ0) is 18.8. The molecule has 2 N–H and O–H groups in total. The van der Waals surface area contributed by atoms with Crippen molar-refractivity contribution in [3.05, 3.63) is 59.4 Å². The summed E-state index contributed by atoms with van der Waals surface area (Å²) >= 11 is 0. The molecule has 0 saturated heterocycles. The molecule has 0 amide bonds. The monoisotopic (exact) mass is 355 g/mol. The van der Waals surface area contributed by atoms with Crippen molar-refractivity contribution in [2.24, 2.45) is 0 Å². The summed E-state index contributed by atoms with van der Waals surface area (Å²) in [7, 11) is 0. The standard InChI is InChI=1S/C21H22FNO3/c1-12(2)14-4-6-15(7-5-14)17-10-18(23-11-13(3)21(24)25)19(22)16-8-9-26-20(16)17/h4-7,10,12,23H,3,8-9,11H2,1-2H3,(H,24,25). The number of benzene rings is 2. The van der Waals surface area contributed by atoms with Crippen LogP contribution < -0.4 is 10.1 Å². The maximum Gasteiger partial charge on any atom is 0.332 e. The number of halogens is 1. The molecule has 26 heavy (non-hydrogen) atoms. The van der Waals surface area contributed by atoms with Crippen molar-refractivity contribution < 1.29 is 19.0 Å². The van der Waals surface area contributed by atoms with Crippen LogP contribution in [-0.4, -0.2) is 24.2 Å². The van der Waals surface area contributed by atoms with Gasteiger partial charge >= 0.3 is 5.97 Å². The lowest BCUT2D eigenvalue weighted by Crippen LogP contribution is -2.12. The van der Waals surface area contributed by atoms with E-state index in [-0.39, 0.29) is 17.8 Å². The van der Waals surface area contributed by atoms with Gasteiger partial charge in [0.2, 0.25) is 0 Å². The third-order valence-corrected chi connectivity index (χ3v) is 4.59. The molecule has 2 aromatic carbocycles. The minimum absolute atomic E-state index is 0.0241. The smallest absolute Gasteiger partial charge is 0.332 e. The van der Waals surface area contributed by atoms with E-state index in [4.69, 9.17) is 9.84 Å². The number of anilines is 1. The second-order valence-electron chi connectivity index (χ2n) is 6.73. The van der Waals surface area contributed by atoms with Gasteiger partial charge in [0, 0.05) is 29.7 Å². The van der Waals surface area contributed by atoms with E-state index in [1.807, 2.05) is 12.1 Å². The summed E-state index contributed by atoms with van der Waals surface area (Å²) in [6.07, 6.45) is 0.494. The molecule has 0 aliphatic carbocycles. The fourth-order valence-corrected chi connectivity index (χ4v) is 3.01. The van der Waals surface area contributed by atoms with E-state index in [1.165, 1.54) is 5.56 Å². The van der Waals surface area contributed by atoms with Gasteiger partial charge in [-0.05, 0) is 23.1 Å². The molecular weight excluding hydrogens is 333 g/mol. The molecule has 0 fully saturated rings. The van der Waals surface area contributed by atoms with Crippen LogP contribution in [0.3, 0.4) is 0 Å². The summed E-state index contributed by atoms with van der Waals surface area (Å²) in [4.78, 5) is 10.9. The SMILES string of the molecule is C=C(CNc1cc(-c2ccc(C(C)C)cc2)c2c(c1F)CCO2)C(=O)O. The van der Waals surface area contributed by atoms with Crippen molar-refractivity contribution in [1.29, 1.82) is 0 Å². The van der Waals surface area contributed by atoms with Gasteiger partial charge in [0.1, 0.15) is 5.75 Å². The fourth-order valence-electron chi connectivity index (χ4n) is 3.01. The Hall–Kier alpha value is -2.82. The number of fused-ring (bicyclic) bond motifs is 1. The van der Waals surface area contributed by atoms with Gasteiger partial charge < -0.3 is 15.2 Å². The molecule has 4 nitrogen and oxygen atoms in total. The zero-order valence-electron chi connectivity index (χ0n) is 14.9. The lowest BCUT2D eigenvalue weighted by molar-refractivity contribution is -0.132. The minimum atomic E-state index is -1.10. The van der Waals surface area contributed by atoms with Gasteiger partial charge in [-0.2, -0.15) is 0 Å². The van der Waals surface area contributed by atoms with Gasteiger partial charge in [-0.3, -0.25) is 0 Å². The fraction of sp³-hybridized carbons (Fsp3) is 0.286. The van der Waals surface area contributed by atoms with Crippen LogP contribution in [0.4, 0.5) is 10.1 Å². The molecule has 1 heterocycles. The molecule has 0 spiro atoms. The molecule has 1 aliphatic rings. The molecule has 5 heteroatoms. The van der Waals surface area contributed by atoms with Crippen LogP contribution in [0.25, 0.3) is 11.1 Å². The molecule has 0 saturated carbocycles. The molecule has 0 bridgehead atoms. The predicted molar refractivity (Wildman–Crippen MR) is 100 cm³/mol. The molecule has 1 aliphatic heterocycles. The highest BCUT2D eigenvalue weighted by Crippen LogP contribution is 2.42. The summed E-state index contributed by atoms with van der Waals surface area (Å²) in [5, 5.41) is 11.8. The number of rotatable bonds is 6. The number of carboxylic acids is 1. The molecule has 0 radical (unpaired) electrons. The average Bonchev–Trinajstić information content (AvgIpc) is 3.11. The van der Waals surface area contributed by atoms with Crippen LogP contribution in [0.5, 0.6) is 5.75 Å². The van der Waals surface area contributed by atoms with E-state index in [9.17, 15) is 9.18 Å². The maximum absolute atomic E-state index is 14.8. The van der Waals surface area contributed by atoms with Crippen LogP contribution in [0, 0.1) is 5.82 Å². The highest BCUT2D eigenvalue weighted by Gasteiger charge is 2.25. The van der Waals surface area contributed by atoms with E-state index < -0.39 is 11.8 Å². The van der Waals surface area contributed by atoms with Crippen molar-refractivity contribution in [3.8, 4) is 16.9 Å². The molecule has 0 atom stereocenters. The van der Waals surface area contributed by atoms with Gasteiger partial charge in [0.15, 0.2) is 5.82 Å². The summed E-state index contributed by atoms with van der Waals surface area (Å²) in [6.45, 7) is 8.14. The van der Waals surface area contributed by atoms with Gasteiger partial charge in [-0.1, -0.05) is 44.7 Å². The number of hydrogen-bond donors (Lipinski definition) is 2. The summed E-state index contributed by atoms with van der Waals surface area (Å²) < 4.78 is 20.5. The minimum Gasteiger partial charge on any atom is -0.492 e. The molecule has 3 rings (SSSR count). The maximum atomic E-state index is 14.8. The lowest BCUT2D eigenvalue weighted by atomic mass is 9.96. The van der Waals surface area contributed by atoms with E-state index in [2.05, 4.69) is 37.9 Å². The normalized spacial score (nSPS) is 12.6. The first-order chi connectivity index (χ1) is 12.4. The Balaban J connectivity index is 1.99. The van der Waals surface area contributed by atoms with E-state index in [1.54, 1.807) is 6.07 Å². The topological polar surface area (TPSA) is 58.6 Å². The number of carbonyl (C=O) groups is 1. The Morgan fingerprint density at radius 1 is 1.35 bits per heavy atom. The Morgan fingerprint density at radius 2 is 2.04 bits per heavy atom. The van der Waals surface area contributed by atoms with Crippen molar-refractivity contribution in [1.82, 2.24) is 0 Å². The quantitative estimate of drug-likeness (QED) is 0.743. The molecule has 0 unspecified atom stereocenters. The Morgan fingerprint density at radius 3 is 2.65 bits per heavy atom. The van der Waals surface area contributed by atoms with Crippen molar-refractivity contribution in [2.75, 3.05) is 18.5 Å². The predicted octanol–water partition coefficient (Wildman–Crippen LogP) is 4.60. The molecule has 0 aromatic heterocycles. The van der Waals surface area contributed by atoms with E-state index in [0.717, 1.165) is 11.1 Å². The Labute approximate surface area is 152 Å². The van der Waals surface area contributed by atoms with Crippen LogP contribution in [0.1, 0.15) is 30.9 Å². The Kier molecular flexibility index (Phi) is 4.98. The first kappa shape index (κ1) is 18.0. The van der Waals surface area contributed by atoms with Gasteiger partial charge in [0.05, 0.1) is 12.3 Å². The number of aliphatic carboxylic acids is 1. The first-order valence-corrected chi connectivity index (χ1v) is 8.62. The van der Waals surface area contributed by atoms with Gasteiger partial charge in [0.25, 0.3) is 0 Å². The van der Waals surface area contributed by atoms with Crippen LogP contribution in [-0.2, 0) is 11.2 Å². The third kappa shape index (κ3) is 3.43. The molecule has 136 valence electrons. The highest BCUT2D eigenvalue weighted by atomic mass is 19.1. The number of nitrogens with one attached hydrogen (secondary N) is 1. The van der Waals surface area contributed by atoms with Crippen molar-refractivity contribution in [2.45, 2.75) is 26.2 Å². The summed E-state index contributed by atoms with van der Waals surface area (Å²) in [6, 6.07) is 9.81. The molecule has 2 aromatic rings. The Bertz CT molecular complexity index is 857. The second-order valence-corrected chi connectivity index (χ2v) is 6.73. The number of carboxylic acid groups (broad SMARTS) is 1. The van der Waals surface area contributed by atoms with E-state index >= 15 is 0 Å². The average molecular weight is 355 g/mol. The van der Waals surface area contributed by atoms with Crippen molar-refractivity contribution in [3.63, 3.8) is 0 Å². The lowest BCUT2D eigenvalue weighted by Gasteiger charge is -2.15. The number of ether oxygens (including phenoxy) is 1. The van der Waals surface area contributed by atoms with Crippen LogP contribution in [0.15, 0.2) is 42.5 Å². The summed E-state index contributed by atoms with van der Waals surface area (Å²) in [5.74, 6) is -0.494. The van der Waals surface area contributed by atoms with Crippen LogP contribution >= 0.6 is 0 Å². The number of hydrogen-bond acceptors (Lipinski definition) is 3. The first-order valence-electron chi connectivity index (χ1n) is 8.62. The van der Waals surface area contributed by atoms with Gasteiger partial charge in [-0.15, -0.1) is 0 Å². The van der Waals surface area contributed by atoms with Crippen molar-refractivity contribution >= 4 is 11.7 Å². The zero-order valence-corrected chi connectivity index (χ0v) is 14.9. The largest absolute Gasteiger partial charge is 0.492 e. The van der Waals surface area contributed by atoms with Crippen LogP contribution in [0.2, 0.25) is 0 Å². The second kappa shape index (κ2) is 7.20. The molecular formula is C21H22FNO3. The van der Waals surface area contributed by atoms with E-state index in [0.29, 0.717) is 30.3 Å². The van der Waals surface area contributed by atoms with Gasteiger partial charge in [-0.25, -0.2) is 9.18 Å². The highest BCUT2D eigenvalue weighted by molar-refractivity contribution is 5.87.